The molecule has 2 aromatic rings. The SMILES string of the molecule is CN1C(=O)CC(n2c(N)nc3ccc(F)cc32)C1=O. The van der Waals surface area contributed by atoms with Gasteiger partial charge in [-0.3, -0.25) is 19.1 Å². The molecular weight excluding hydrogens is 251 g/mol. The maximum absolute atomic E-state index is 13.3. The van der Waals surface area contributed by atoms with Gasteiger partial charge in [0.05, 0.1) is 17.5 Å². The van der Waals surface area contributed by atoms with E-state index in [-0.39, 0.29) is 24.2 Å². The topological polar surface area (TPSA) is 81.2 Å². The Morgan fingerprint density at radius 1 is 1.42 bits per heavy atom. The Bertz CT molecular complexity index is 709. The third kappa shape index (κ3) is 1.58. The van der Waals surface area contributed by atoms with Crippen molar-refractivity contribution in [3.05, 3.63) is 24.0 Å². The summed E-state index contributed by atoms with van der Waals surface area (Å²) >= 11 is 0. The number of nitrogens with two attached hydrogens (primary N) is 1. The molecule has 0 spiro atoms. The van der Waals surface area contributed by atoms with Crippen molar-refractivity contribution < 1.29 is 14.0 Å². The number of fused-ring (bicyclic) bond motifs is 1. The van der Waals surface area contributed by atoms with Crippen molar-refractivity contribution in [3.8, 4) is 0 Å². The third-order valence-electron chi connectivity index (χ3n) is 3.35. The number of carbonyl (C=O) groups excluding carboxylic acids is 2. The summed E-state index contributed by atoms with van der Waals surface area (Å²) in [5.74, 6) is -0.992. The Morgan fingerprint density at radius 2 is 2.16 bits per heavy atom. The van der Waals surface area contributed by atoms with Crippen LogP contribution in [0.2, 0.25) is 0 Å². The number of nitrogen functional groups attached to an aromatic ring is 1. The fourth-order valence-electron chi connectivity index (χ4n) is 2.35. The van der Waals surface area contributed by atoms with E-state index in [1.54, 1.807) is 0 Å². The molecule has 7 heteroatoms. The monoisotopic (exact) mass is 262 g/mol. The van der Waals surface area contributed by atoms with Gasteiger partial charge in [0.25, 0.3) is 5.91 Å². The highest BCUT2D eigenvalue weighted by Crippen LogP contribution is 2.30. The van der Waals surface area contributed by atoms with Crippen LogP contribution in [0.25, 0.3) is 11.0 Å². The van der Waals surface area contributed by atoms with E-state index >= 15 is 0 Å². The molecule has 1 saturated heterocycles. The summed E-state index contributed by atoms with van der Waals surface area (Å²) in [7, 11) is 1.42. The molecule has 2 heterocycles. The van der Waals surface area contributed by atoms with Crippen LogP contribution >= 0.6 is 0 Å². The number of hydrogen-bond acceptors (Lipinski definition) is 4. The van der Waals surface area contributed by atoms with E-state index in [4.69, 9.17) is 5.73 Å². The average molecular weight is 262 g/mol. The van der Waals surface area contributed by atoms with Crippen LogP contribution in [0.3, 0.4) is 0 Å². The molecule has 0 bridgehead atoms. The number of amides is 2. The van der Waals surface area contributed by atoms with Gasteiger partial charge in [-0.1, -0.05) is 0 Å². The summed E-state index contributed by atoms with van der Waals surface area (Å²) in [4.78, 5) is 28.7. The van der Waals surface area contributed by atoms with E-state index < -0.39 is 11.9 Å². The maximum atomic E-state index is 13.3. The van der Waals surface area contributed by atoms with E-state index in [2.05, 4.69) is 4.98 Å². The molecule has 0 aliphatic carbocycles. The summed E-state index contributed by atoms with van der Waals surface area (Å²) in [6, 6.07) is 3.27. The molecule has 2 N–H and O–H groups in total. The molecule has 1 fully saturated rings. The summed E-state index contributed by atoms with van der Waals surface area (Å²) in [6.45, 7) is 0. The van der Waals surface area contributed by atoms with Crippen molar-refractivity contribution in [1.29, 1.82) is 0 Å². The number of carbonyl (C=O) groups is 2. The van der Waals surface area contributed by atoms with Gasteiger partial charge in [0, 0.05) is 7.05 Å². The Morgan fingerprint density at radius 3 is 2.79 bits per heavy atom. The summed E-state index contributed by atoms with van der Waals surface area (Å²) < 4.78 is 14.7. The van der Waals surface area contributed by atoms with Crippen molar-refractivity contribution in [1.82, 2.24) is 14.5 Å². The van der Waals surface area contributed by atoms with Crippen LogP contribution in [-0.2, 0) is 9.59 Å². The van der Waals surface area contributed by atoms with Crippen molar-refractivity contribution in [2.24, 2.45) is 0 Å². The second kappa shape index (κ2) is 3.78. The molecule has 0 radical (unpaired) electrons. The number of benzene rings is 1. The lowest BCUT2D eigenvalue weighted by Crippen LogP contribution is -2.27. The molecule has 1 aromatic heterocycles. The van der Waals surface area contributed by atoms with Gasteiger partial charge in [-0.15, -0.1) is 0 Å². The van der Waals surface area contributed by atoms with Crippen molar-refractivity contribution in [2.45, 2.75) is 12.5 Å². The standard InChI is InChI=1S/C12H11FN4O2/c1-16-10(18)5-9(11(16)19)17-8-4-6(13)2-3-7(8)15-12(17)14/h2-4,9H,5H2,1H3,(H2,14,15). The Hall–Kier alpha value is -2.44. The molecule has 19 heavy (non-hydrogen) atoms. The minimum Gasteiger partial charge on any atom is -0.369 e. The fraction of sp³-hybridized carbons (Fsp3) is 0.250. The predicted octanol–water partition coefficient (Wildman–Crippen LogP) is 0.687. The van der Waals surface area contributed by atoms with Crippen LogP contribution in [0.1, 0.15) is 12.5 Å². The minimum absolute atomic E-state index is 0.0154. The Labute approximate surface area is 107 Å². The van der Waals surface area contributed by atoms with E-state index in [1.165, 1.54) is 29.8 Å². The molecule has 1 aromatic carbocycles. The highest BCUT2D eigenvalue weighted by atomic mass is 19.1. The zero-order valence-corrected chi connectivity index (χ0v) is 10.1. The smallest absolute Gasteiger partial charge is 0.252 e. The second-order valence-electron chi connectivity index (χ2n) is 4.48. The Balaban J connectivity index is 2.20. The number of halogens is 1. The first-order chi connectivity index (χ1) is 8.99. The first kappa shape index (κ1) is 11.6. The van der Waals surface area contributed by atoms with Gasteiger partial charge in [-0.05, 0) is 18.2 Å². The van der Waals surface area contributed by atoms with Crippen LogP contribution in [0.5, 0.6) is 0 Å². The van der Waals surface area contributed by atoms with Gasteiger partial charge in [0.1, 0.15) is 11.9 Å². The molecule has 3 rings (SSSR count). The highest BCUT2D eigenvalue weighted by molar-refractivity contribution is 6.05. The van der Waals surface area contributed by atoms with E-state index in [0.29, 0.717) is 11.0 Å². The van der Waals surface area contributed by atoms with Crippen molar-refractivity contribution >= 4 is 28.8 Å². The van der Waals surface area contributed by atoms with E-state index in [0.717, 1.165) is 4.90 Å². The van der Waals surface area contributed by atoms with E-state index in [9.17, 15) is 14.0 Å². The minimum atomic E-state index is -0.746. The van der Waals surface area contributed by atoms with Crippen LogP contribution in [0, 0.1) is 5.82 Å². The van der Waals surface area contributed by atoms with Crippen LogP contribution < -0.4 is 5.73 Å². The van der Waals surface area contributed by atoms with Crippen LogP contribution in [0.4, 0.5) is 10.3 Å². The first-order valence-electron chi connectivity index (χ1n) is 5.72. The lowest BCUT2D eigenvalue weighted by molar-refractivity contribution is -0.137. The summed E-state index contributed by atoms with van der Waals surface area (Å²) in [5, 5.41) is 0. The number of hydrogen-bond donors (Lipinski definition) is 1. The summed E-state index contributed by atoms with van der Waals surface area (Å²) in [5.41, 5.74) is 6.69. The van der Waals surface area contributed by atoms with Gasteiger partial charge in [0.15, 0.2) is 0 Å². The third-order valence-corrected chi connectivity index (χ3v) is 3.35. The van der Waals surface area contributed by atoms with Crippen molar-refractivity contribution in [3.63, 3.8) is 0 Å². The average Bonchev–Trinajstić information content (AvgIpc) is 2.80. The van der Waals surface area contributed by atoms with Gasteiger partial charge in [0.2, 0.25) is 11.9 Å². The number of nitrogens with zero attached hydrogens (tertiary/aromatic N) is 3. The number of imidazole rings is 1. The zero-order valence-electron chi connectivity index (χ0n) is 10.1. The molecule has 1 atom stereocenters. The first-order valence-corrected chi connectivity index (χ1v) is 5.72. The normalized spacial score (nSPS) is 19.7. The second-order valence-corrected chi connectivity index (χ2v) is 4.48. The molecule has 6 nitrogen and oxygen atoms in total. The quantitative estimate of drug-likeness (QED) is 0.766. The van der Waals surface area contributed by atoms with Gasteiger partial charge >= 0.3 is 0 Å². The van der Waals surface area contributed by atoms with E-state index in [1.807, 2.05) is 0 Å². The number of aromatic nitrogens is 2. The molecule has 2 amide bonds. The van der Waals surface area contributed by atoms with Gasteiger partial charge in [-0.25, -0.2) is 9.37 Å². The van der Waals surface area contributed by atoms with Gasteiger partial charge in [-0.2, -0.15) is 0 Å². The lowest BCUT2D eigenvalue weighted by Gasteiger charge is -2.12. The maximum Gasteiger partial charge on any atom is 0.252 e. The molecular formula is C12H11FN4O2. The lowest BCUT2D eigenvalue weighted by atomic mass is 10.2. The molecule has 1 aliphatic rings. The van der Waals surface area contributed by atoms with Crippen molar-refractivity contribution in [2.75, 3.05) is 12.8 Å². The number of anilines is 1. The number of likely N-dealkylation sites (tertiary alicyclic amines) is 1. The molecule has 0 saturated carbocycles. The number of likely N-dealkylation sites (N-methyl/N-ethyl adjacent to an activating group) is 1. The molecule has 98 valence electrons. The zero-order chi connectivity index (χ0) is 13.7. The predicted molar refractivity (Wildman–Crippen MR) is 65.5 cm³/mol. The number of imide groups is 1. The Kier molecular flexibility index (Phi) is 2.31. The van der Waals surface area contributed by atoms with Crippen LogP contribution in [-0.4, -0.2) is 33.3 Å². The fourth-order valence-corrected chi connectivity index (χ4v) is 2.35. The van der Waals surface area contributed by atoms with Crippen LogP contribution in [0.15, 0.2) is 18.2 Å². The molecule has 1 aliphatic heterocycles. The van der Waals surface area contributed by atoms with Gasteiger partial charge < -0.3 is 5.73 Å². The molecule has 1 unspecified atom stereocenters. The highest BCUT2D eigenvalue weighted by Gasteiger charge is 2.38. The summed E-state index contributed by atoms with van der Waals surface area (Å²) in [6.07, 6.45) is 0.0154. The largest absolute Gasteiger partial charge is 0.369 e. The number of rotatable bonds is 1.